The minimum absolute atomic E-state index is 0.498. The van der Waals surface area contributed by atoms with Crippen LogP contribution in [0.3, 0.4) is 0 Å². The molecule has 0 amide bonds. The number of thiophene rings is 1. The molecule has 1 rings (SSSR count). The molecule has 102 valence electrons. The van der Waals surface area contributed by atoms with Gasteiger partial charge in [-0.2, -0.15) is 11.3 Å². The number of aliphatic carboxylic acids is 1. The van der Waals surface area contributed by atoms with Gasteiger partial charge in [-0.1, -0.05) is 0 Å². The van der Waals surface area contributed by atoms with Crippen molar-refractivity contribution in [2.75, 3.05) is 40.5 Å². The van der Waals surface area contributed by atoms with Crippen LogP contribution in [0, 0.1) is 0 Å². The molecule has 18 heavy (non-hydrogen) atoms. The SMILES string of the molecule is COCCN(CCOC)C(C(=O)O)c1ccsc1. The molecule has 0 aromatic carbocycles. The molecule has 0 aliphatic rings. The Hall–Kier alpha value is -0.950. The predicted molar refractivity (Wildman–Crippen MR) is 70.0 cm³/mol. The Balaban J connectivity index is 2.79. The Morgan fingerprint density at radius 2 is 2.00 bits per heavy atom. The number of rotatable bonds is 9. The van der Waals surface area contributed by atoms with Gasteiger partial charge in [0.05, 0.1) is 13.2 Å². The van der Waals surface area contributed by atoms with Gasteiger partial charge in [-0.15, -0.1) is 0 Å². The molecule has 1 N–H and O–H groups in total. The van der Waals surface area contributed by atoms with Gasteiger partial charge in [-0.05, 0) is 22.4 Å². The Morgan fingerprint density at radius 3 is 2.39 bits per heavy atom. The molecule has 5 nitrogen and oxygen atoms in total. The summed E-state index contributed by atoms with van der Waals surface area (Å²) in [5.41, 5.74) is 0.805. The molecule has 0 saturated carbocycles. The summed E-state index contributed by atoms with van der Waals surface area (Å²) in [5.74, 6) is -0.847. The van der Waals surface area contributed by atoms with Gasteiger partial charge in [-0.3, -0.25) is 9.69 Å². The van der Waals surface area contributed by atoms with E-state index in [9.17, 15) is 9.90 Å². The molecular weight excluding hydrogens is 254 g/mol. The second kappa shape index (κ2) is 8.20. The molecular formula is C12H19NO4S. The molecule has 0 bridgehead atoms. The van der Waals surface area contributed by atoms with Crippen molar-refractivity contribution in [1.82, 2.24) is 4.90 Å². The van der Waals surface area contributed by atoms with Crippen molar-refractivity contribution < 1.29 is 19.4 Å². The Kier molecular flexibility index (Phi) is 6.89. The van der Waals surface area contributed by atoms with Crippen LogP contribution in [0.5, 0.6) is 0 Å². The van der Waals surface area contributed by atoms with Crippen LogP contribution in [-0.2, 0) is 14.3 Å². The maximum atomic E-state index is 11.4. The molecule has 0 radical (unpaired) electrons. The van der Waals surface area contributed by atoms with Crippen molar-refractivity contribution in [2.45, 2.75) is 6.04 Å². The fourth-order valence-corrected chi connectivity index (χ4v) is 2.41. The highest BCUT2D eigenvalue weighted by Crippen LogP contribution is 2.23. The number of carbonyl (C=O) groups is 1. The minimum atomic E-state index is -0.847. The van der Waals surface area contributed by atoms with Gasteiger partial charge in [0.1, 0.15) is 6.04 Å². The molecule has 0 spiro atoms. The van der Waals surface area contributed by atoms with E-state index in [0.29, 0.717) is 26.3 Å². The van der Waals surface area contributed by atoms with Gasteiger partial charge in [-0.25, -0.2) is 0 Å². The number of hydrogen-bond acceptors (Lipinski definition) is 5. The molecule has 1 aromatic heterocycles. The fraction of sp³-hybridized carbons (Fsp3) is 0.583. The summed E-state index contributed by atoms with van der Waals surface area (Å²) in [5, 5.41) is 13.1. The molecule has 1 aromatic rings. The lowest BCUT2D eigenvalue weighted by atomic mass is 10.1. The summed E-state index contributed by atoms with van der Waals surface area (Å²) in [6.07, 6.45) is 0. The third-order valence-corrected chi connectivity index (χ3v) is 3.32. The second-order valence-electron chi connectivity index (χ2n) is 3.82. The molecule has 0 fully saturated rings. The van der Waals surface area contributed by atoms with Crippen LogP contribution in [0.25, 0.3) is 0 Å². The van der Waals surface area contributed by atoms with Crippen molar-refractivity contribution in [2.24, 2.45) is 0 Å². The normalized spacial score (nSPS) is 12.8. The average molecular weight is 273 g/mol. The Morgan fingerprint density at radius 1 is 1.39 bits per heavy atom. The van der Waals surface area contributed by atoms with Crippen LogP contribution in [0.2, 0.25) is 0 Å². The van der Waals surface area contributed by atoms with Crippen LogP contribution < -0.4 is 0 Å². The predicted octanol–water partition coefficient (Wildman–Crippen LogP) is 1.47. The summed E-state index contributed by atoms with van der Waals surface area (Å²) in [6.45, 7) is 2.12. The summed E-state index contributed by atoms with van der Waals surface area (Å²) in [4.78, 5) is 13.3. The second-order valence-corrected chi connectivity index (χ2v) is 4.60. The van der Waals surface area contributed by atoms with Crippen molar-refractivity contribution in [1.29, 1.82) is 0 Å². The van der Waals surface area contributed by atoms with Gasteiger partial charge in [0.25, 0.3) is 0 Å². The maximum absolute atomic E-state index is 11.4. The topological polar surface area (TPSA) is 59.0 Å². The number of hydrogen-bond donors (Lipinski definition) is 1. The van der Waals surface area contributed by atoms with Crippen LogP contribution in [0.15, 0.2) is 16.8 Å². The highest BCUT2D eigenvalue weighted by molar-refractivity contribution is 7.08. The molecule has 0 aliphatic carbocycles. The van der Waals surface area contributed by atoms with Crippen molar-refractivity contribution >= 4 is 17.3 Å². The van der Waals surface area contributed by atoms with Crippen molar-refractivity contribution in [3.05, 3.63) is 22.4 Å². The fourth-order valence-electron chi connectivity index (χ4n) is 1.73. The maximum Gasteiger partial charge on any atom is 0.325 e. The average Bonchev–Trinajstić information content (AvgIpc) is 2.85. The molecule has 0 saturated heterocycles. The Labute approximate surface area is 111 Å². The molecule has 1 unspecified atom stereocenters. The highest BCUT2D eigenvalue weighted by atomic mass is 32.1. The lowest BCUT2D eigenvalue weighted by Gasteiger charge is -2.27. The number of nitrogens with zero attached hydrogens (tertiary/aromatic N) is 1. The van der Waals surface area contributed by atoms with E-state index in [2.05, 4.69) is 0 Å². The summed E-state index contributed by atoms with van der Waals surface area (Å²) >= 11 is 1.50. The van der Waals surface area contributed by atoms with E-state index in [0.717, 1.165) is 5.56 Å². The van der Waals surface area contributed by atoms with E-state index < -0.39 is 12.0 Å². The minimum Gasteiger partial charge on any atom is -0.480 e. The van der Waals surface area contributed by atoms with Gasteiger partial charge in [0.15, 0.2) is 0 Å². The first kappa shape index (κ1) is 15.1. The van der Waals surface area contributed by atoms with Gasteiger partial charge >= 0.3 is 5.97 Å². The zero-order valence-corrected chi connectivity index (χ0v) is 11.5. The van der Waals surface area contributed by atoms with Gasteiger partial charge < -0.3 is 14.6 Å². The third kappa shape index (κ3) is 4.38. The highest BCUT2D eigenvalue weighted by Gasteiger charge is 2.27. The van der Waals surface area contributed by atoms with E-state index >= 15 is 0 Å². The Bertz CT molecular complexity index is 334. The molecule has 0 aliphatic heterocycles. The van der Waals surface area contributed by atoms with E-state index in [1.807, 2.05) is 21.7 Å². The zero-order valence-electron chi connectivity index (χ0n) is 10.7. The van der Waals surface area contributed by atoms with Crippen molar-refractivity contribution in [3.8, 4) is 0 Å². The van der Waals surface area contributed by atoms with E-state index in [1.165, 1.54) is 11.3 Å². The lowest BCUT2D eigenvalue weighted by molar-refractivity contribution is -0.144. The third-order valence-electron chi connectivity index (χ3n) is 2.62. The summed E-state index contributed by atoms with van der Waals surface area (Å²) < 4.78 is 10.1. The number of carboxylic acid groups (broad SMARTS) is 1. The zero-order chi connectivity index (χ0) is 13.4. The van der Waals surface area contributed by atoms with Crippen LogP contribution in [0.4, 0.5) is 0 Å². The number of methoxy groups -OCH3 is 2. The van der Waals surface area contributed by atoms with Crippen LogP contribution >= 0.6 is 11.3 Å². The smallest absolute Gasteiger partial charge is 0.325 e. The van der Waals surface area contributed by atoms with Gasteiger partial charge in [0, 0.05) is 27.3 Å². The molecule has 1 heterocycles. The van der Waals surface area contributed by atoms with E-state index in [1.54, 1.807) is 14.2 Å². The first-order chi connectivity index (χ1) is 8.70. The van der Waals surface area contributed by atoms with Gasteiger partial charge in [0.2, 0.25) is 0 Å². The monoisotopic (exact) mass is 273 g/mol. The summed E-state index contributed by atoms with van der Waals surface area (Å²) in [6, 6.07) is 1.21. The summed E-state index contributed by atoms with van der Waals surface area (Å²) in [7, 11) is 3.21. The number of carboxylic acids is 1. The van der Waals surface area contributed by atoms with Crippen LogP contribution in [0.1, 0.15) is 11.6 Å². The van der Waals surface area contributed by atoms with E-state index in [-0.39, 0.29) is 0 Å². The molecule has 6 heteroatoms. The number of ether oxygens (including phenoxy) is 2. The van der Waals surface area contributed by atoms with E-state index in [4.69, 9.17) is 9.47 Å². The lowest BCUT2D eigenvalue weighted by Crippen LogP contribution is -2.38. The standard InChI is InChI=1S/C12H19NO4S/c1-16-6-4-13(5-7-17-2)11(12(14)15)10-3-8-18-9-10/h3,8-9,11H,4-7H2,1-2H3,(H,14,15). The van der Waals surface area contributed by atoms with Crippen LogP contribution in [-0.4, -0.2) is 56.5 Å². The molecule has 1 atom stereocenters. The quantitative estimate of drug-likeness (QED) is 0.738. The largest absolute Gasteiger partial charge is 0.480 e. The van der Waals surface area contributed by atoms with Crippen molar-refractivity contribution in [3.63, 3.8) is 0 Å². The first-order valence-electron chi connectivity index (χ1n) is 5.67. The first-order valence-corrected chi connectivity index (χ1v) is 6.61.